The molecule has 0 N–H and O–H groups in total. The van der Waals surface area contributed by atoms with E-state index in [0.717, 1.165) is 16.9 Å². The lowest BCUT2D eigenvalue weighted by Gasteiger charge is -2.15. The zero-order chi connectivity index (χ0) is 18.0. The number of imide groups is 1. The summed E-state index contributed by atoms with van der Waals surface area (Å²) in [6.07, 6.45) is 0.562. The van der Waals surface area contributed by atoms with Crippen molar-refractivity contribution in [3.05, 3.63) is 70.3 Å². The van der Waals surface area contributed by atoms with Crippen LogP contribution in [0.25, 0.3) is 5.57 Å². The van der Waals surface area contributed by atoms with Crippen LogP contribution in [0.15, 0.2) is 53.6 Å². The van der Waals surface area contributed by atoms with Gasteiger partial charge >= 0.3 is 0 Å². The zero-order valence-corrected chi connectivity index (χ0v) is 14.8. The molecule has 0 saturated carbocycles. The minimum atomic E-state index is -0.434. The van der Waals surface area contributed by atoms with E-state index in [0.29, 0.717) is 12.0 Å². The van der Waals surface area contributed by atoms with Crippen molar-refractivity contribution < 1.29 is 14.3 Å². The number of nitrogens with zero attached hydrogens (tertiary/aromatic N) is 1. The maximum Gasteiger partial charge on any atom is 0.273 e. The standard InChI is InChI=1S/C20H18ClNO3/c1-13-3-7-15(8-4-13)17-18(21)20(24)22(19(17)23)12-11-14-5-9-16(25-2)10-6-14/h3-10H,11-12H2,1-2H3. The average Bonchev–Trinajstić information content (AvgIpc) is 2.84. The van der Waals surface area contributed by atoms with E-state index in [-0.39, 0.29) is 23.1 Å². The number of amides is 2. The predicted molar refractivity (Wildman–Crippen MR) is 97.4 cm³/mol. The third-order valence-electron chi connectivity index (χ3n) is 4.23. The SMILES string of the molecule is COc1ccc(CCN2C(=O)C(Cl)=C(c3ccc(C)cc3)C2=O)cc1. The fourth-order valence-corrected chi connectivity index (χ4v) is 3.05. The lowest BCUT2D eigenvalue weighted by atomic mass is 10.0. The Labute approximate surface area is 151 Å². The molecule has 0 atom stereocenters. The van der Waals surface area contributed by atoms with E-state index in [1.54, 1.807) is 7.11 Å². The molecule has 0 bridgehead atoms. The van der Waals surface area contributed by atoms with Gasteiger partial charge in [0.1, 0.15) is 10.8 Å². The Kier molecular flexibility index (Phi) is 4.91. The Morgan fingerprint density at radius 1 is 0.960 bits per heavy atom. The van der Waals surface area contributed by atoms with Crippen LogP contribution in [0.5, 0.6) is 5.75 Å². The zero-order valence-electron chi connectivity index (χ0n) is 14.1. The first-order valence-electron chi connectivity index (χ1n) is 7.97. The molecule has 1 aliphatic rings. The van der Waals surface area contributed by atoms with Gasteiger partial charge in [0.25, 0.3) is 11.8 Å². The van der Waals surface area contributed by atoms with Crippen LogP contribution in [0.1, 0.15) is 16.7 Å². The molecule has 0 spiro atoms. The quantitative estimate of drug-likeness (QED) is 0.770. The van der Waals surface area contributed by atoms with Crippen LogP contribution >= 0.6 is 11.6 Å². The molecular weight excluding hydrogens is 338 g/mol. The average molecular weight is 356 g/mol. The maximum atomic E-state index is 12.7. The second-order valence-electron chi connectivity index (χ2n) is 5.92. The number of methoxy groups -OCH3 is 1. The van der Waals surface area contributed by atoms with Gasteiger partial charge < -0.3 is 4.74 Å². The Morgan fingerprint density at radius 2 is 1.60 bits per heavy atom. The summed E-state index contributed by atoms with van der Waals surface area (Å²) < 4.78 is 5.12. The number of hydrogen-bond donors (Lipinski definition) is 0. The topological polar surface area (TPSA) is 46.6 Å². The number of benzene rings is 2. The molecular formula is C20H18ClNO3. The first-order chi connectivity index (χ1) is 12.0. The summed E-state index contributed by atoms with van der Waals surface area (Å²) in [6.45, 7) is 2.25. The maximum absolute atomic E-state index is 12.7. The number of ether oxygens (including phenoxy) is 1. The number of carbonyl (C=O) groups is 2. The van der Waals surface area contributed by atoms with E-state index in [1.807, 2.05) is 55.5 Å². The highest BCUT2D eigenvalue weighted by Crippen LogP contribution is 2.31. The fourth-order valence-electron chi connectivity index (χ4n) is 2.75. The highest BCUT2D eigenvalue weighted by Gasteiger charge is 2.37. The van der Waals surface area contributed by atoms with Crippen LogP contribution in [0, 0.1) is 6.92 Å². The van der Waals surface area contributed by atoms with Crippen molar-refractivity contribution in [2.75, 3.05) is 13.7 Å². The van der Waals surface area contributed by atoms with Crippen molar-refractivity contribution in [2.24, 2.45) is 0 Å². The molecule has 1 heterocycles. The monoisotopic (exact) mass is 355 g/mol. The molecule has 0 unspecified atom stereocenters. The fraction of sp³-hybridized carbons (Fsp3) is 0.200. The van der Waals surface area contributed by atoms with Gasteiger partial charge in [-0.2, -0.15) is 0 Å². The molecule has 4 nitrogen and oxygen atoms in total. The van der Waals surface area contributed by atoms with Gasteiger partial charge in [0, 0.05) is 6.54 Å². The lowest BCUT2D eigenvalue weighted by molar-refractivity contribution is -0.136. The summed E-state index contributed by atoms with van der Waals surface area (Å²) in [5.41, 5.74) is 3.04. The smallest absolute Gasteiger partial charge is 0.273 e. The van der Waals surface area contributed by atoms with Gasteiger partial charge in [-0.25, -0.2) is 0 Å². The van der Waals surface area contributed by atoms with Gasteiger partial charge in [-0.3, -0.25) is 14.5 Å². The second-order valence-corrected chi connectivity index (χ2v) is 6.29. The number of halogens is 1. The summed E-state index contributed by atoms with van der Waals surface area (Å²) in [7, 11) is 1.61. The summed E-state index contributed by atoms with van der Waals surface area (Å²) in [5, 5.41) is -0.0106. The first-order valence-corrected chi connectivity index (χ1v) is 8.35. The van der Waals surface area contributed by atoms with Gasteiger partial charge in [-0.1, -0.05) is 53.6 Å². The molecule has 0 aromatic heterocycles. The van der Waals surface area contributed by atoms with Gasteiger partial charge in [0.05, 0.1) is 12.7 Å². The number of hydrogen-bond acceptors (Lipinski definition) is 3. The van der Waals surface area contributed by atoms with Crippen LogP contribution < -0.4 is 4.74 Å². The summed E-state index contributed by atoms with van der Waals surface area (Å²) in [6, 6.07) is 14.9. The van der Waals surface area contributed by atoms with E-state index in [4.69, 9.17) is 16.3 Å². The van der Waals surface area contributed by atoms with Crippen molar-refractivity contribution in [3.63, 3.8) is 0 Å². The van der Waals surface area contributed by atoms with Crippen molar-refractivity contribution in [3.8, 4) is 5.75 Å². The van der Waals surface area contributed by atoms with E-state index in [1.165, 1.54) is 4.90 Å². The van der Waals surface area contributed by atoms with Crippen LogP contribution in [0.4, 0.5) is 0 Å². The molecule has 0 aliphatic carbocycles. The first kappa shape index (κ1) is 17.2. The van der Waals surface area contributed by atoms with Gasteiger partial charge in [0.15, 0.2) is 0 Å². The van der Waals surface area contributed by atoms with E-state index in [9.17, 15) is 9.59 Å². The van der Waals surface area contributed by atoms with Crippen LogP contribution in [-0.4, -0.2) is 30.4 Å². The van der Waals surface area contributed by atoms with Crippen LogP contribution in [0.3, 0.4) is 0 Å². The van der Waals surface area contributed by atoms with Crippen LogP contribution in [-0.2, 0) is 16.0 Å². The van der Waals surface area contributed by atoms with Gasteiger partial charge in [-0.05, 0) is 36.6 Å². The third-order valence-corrected chi connectivity index (χ3v) is 4.59. The summed E-state index contributed by atoms with van der Waals surface area (Å²) >= 11 is 6.16. The van der Waals surface area contributed by atoms with E-state index in [2.05, 4.69) is 0 Å². The van der Waals surface area contributed by atoms with Gasteiger partial charge in [0.2, 0.25) is 0 Å². The Bertz CT molecular complexity index is 838. The molecule has 2 aromatic carbocycles. The van der Waals surface area contributed by atoms with Crippen molar-refractivity contribution >= 4 is 29.0 Å². The summed E-state index contributed by atoms with van der Waals surface area (Å²) in [4.78, 5) is 26.3. The number of aryl methyl sites for hydroxylation is 1. The molecule has 1 aliphatic heterocycles. The normalized spacial score (nSPS) is 14.4. The molecule has 2 amide bonds. The Morgan fingerprint density at radius 3 is 2.20 bits per heavy atom. The third kappa shape index (κ3) is 3.44. The molecule has 25 heavy (non-hydrogen) atoms. The van der Waals surface area contributed by atoms with E-state index < -0.39 is 5.91 Å². The predicted octanol–water partition coefficient (Wildman–Crippen LogP) is 3.57. The highest BCUT2D eigenvalue weighted by molar-refractivity contribution is 6.55. The molecule has 0 fully saturated rings. The van der Waals surface area contributed by atoms with E-state index >= 15 is 0 Å². The molecule has 0 saturated heterocycles. The lowest BCUT2D eigenvalue weighted by Crippen LogP contribution is -2.33. The molecule has 2 aromatic rings. The Balaban J connectivity index is 1.75. The number of carbonyl (C=O) groups excluding carboxylic acids is 2. The van der Waals surface area contributed by atoms with Crippen LogP contribution in [0.2, 0.25) is 0 Å². The second kappa shape index (κ2) is 7.11. The van der Waals surface area contributed by atoms with Gasteiger partial charge in [-0.15, -0.1) is 0 Å². The van der Waals surface area contributed by atoms with Crippen molar-refractivity contribution in [1.29, 1.82) is 0 Å². The summed E-state index contributed by atoms with van der Waals surface area (Å²) in [5.74, 6) is -0.00781. The molecule has 5 heteroatoms. The van der Waals surface area contributed by atoms with Crippen molar-refractivity contribution in [2.45, 2.75) is 13.3 Å². The largest absolute Gasteiger partial charge is 0.497 e. The highest BCUT2D eigenvalue weighted by atomic mass is 35.5. The minimum absolute atomic E-state index is 0.0106. The molecule has 128 valence electrons. The molecule has 0 radical (unpaired) electrons. The minimum Gasteiger partial charge on any atom is -0.497 e. The molecule has 3 rings (SSSR count). The Hall–Kier alpha value is -2.59. The van der Waals surface area contributed by atoms with Crippen molar-refractivity contribution in [1.82, 2.24) is 4.90 Å². The number of rotatable bonds is 5.